The molecule has 2 nitrogen and oxygen atoms in total. The summed E-state index contributed by atoms with van der Waals surface area (Å²) in [6.07, 6.45) is 0. The van der Waals surface area contributed by atoms with Gasteiger partial charge in [-0.05, 0) is 30.3 Å². The Morgan fingerprint density at radius 1 is 0.900 bits per heavy atom. The first kappa shape index (κ1) is 19.1. The fourth-order valence-corrected chi connectivity index (χ4v) is 2.16. The largest absolute Gasteiger partial charge is 0.396 e. The van der Waals surface area contributed by atoms with Crippen molar-refractivity contribution in [2.45, 2.75) is 7.43 Å². The van der Waals surface area contributed by atoms with Gasteiger partial charge in [0.15, 0.2) is 0 Å². The molecule has 0 fully saturated rings. The average Bonchev–Trinajstić information content (AvgIpc) is 2.32. The summed E-state index contributed by atoms with van der Waals surface area (Å²) in [6, 6.07) is 7.34. The Hall–Kier alpha value is -0.850. The van der Waals surface area contributed by atoms with Crippen LogP contribution in [-0.2, 0) is 0 Å². The zero-order valence-electron chi connectivity index (χ0n) is 9.43. The van der Waals surface area contributed by atoms with Crippen molar-refractivity contribution < 1.29 is 8.78 Å². The molecule has 0 heterocycles. The fourth-order valence-electron chi connectivity index (χ4n) is 1.05. The van der Waals surface area contributed by atoms with Crippen LogP contribution >= 0.6 is 43.5 Å². The van der Waals surface area contributed by atoms with E-state index in [2.05, 4.69) is 31.9 Å². The molecule has 0 unspecified atom stereocenters. The second-order valence-electron chi connectivity index (χ2n) is 3.45. The third-order valence-corrected chi connectivity index (χ3v) is 3.27. The van der Waals surface area contributed by atoms with Gasteiger partial charge in [-0.3, -0.25) is 0 Å². The van der Waals surface area contributed by atoms with Crippen LogP contribution in [0.2, 0.25) is 5.02 Å². The third-order valence-electron chi connectivity index (χ3n) is 2.01. The number of benzene rings is 2. The number of hydrogen-bond donors (Lipinski definition) is 2. The van der Waals surface area contributed by atoms with Gasteiger partial charge in [-0.1, -0.05) is 50.9 Å². The normalized spacial score (nSPS) is 9.25. The highest BCUT2D eigenvalue weighted by molar-refractivity contribution is 9.10. The number of hydrogen-bond acceptors (Lipinski definition) is 2. The molecule has 2 rings (SSSR count). The van der Waals surface area contributed by atoms with Crippen molar-refractivity contribution in [3.63, 3.8) is 0 Å². The highest BCUT2D eigenvalue weighted by Crippen LogP contribution is 2.26. The van der Waals surface area contributed by atoms with E-state index >= 15 is 0 Å². The van der Waals surface area contributed by atoms with Gasteiger partial charge in [0.25, 0.3) is 0 Å². The van der Waals surface area contributed by atoms with Gasteiger partial charge in [0, 0.05) is 8.95 Å². The van der Waals surface area contributed by atoms with Gasteiger partial charge in [0.05, 0.1) is 16.4 Å². The molecule has 20 heavy (non-hydrogen) atoms. The first-order valence-corrected chi connectivity index (χ1v) is 6.88. The van der Waals surface area contributed by atoms with Crippen LogP contribution < -0.4 is 11.5 Å². The Morgan fingerprint density at radius 2 is 1.45 bits per heavy atom. The van der Waals surface area contributed by atoms with Gasteiger partial charge < -0.3 is 11.5 Å². The Kier molecular flexibility index (Phi) is 8.08. The summed E-state index contributed by atoms with van der Waals surface area (Å²) in [7, 11) is 0. The molecule has 0 saturated carbocycles. The zero-order chi connectivity index (χ0) is 14.6. The van der Waals surface area contributed by atoms with E-state index < -0.39 is 5.82 Å². The molecule has 4 N–H and O–H groups in total. The van der Waals surface area contributed by atoms with Crippen molar-refractivity contribution in [1.82, 2.24) is 0 Å². The first-order valence-electron chi connectivity index (χ1n) is 4.91. The van der Waals surface area contributed by atoms with Crippen LogP contribution in [0.15, 0.2) is 39.3 Å². The molecule has 110 valence electrons. The van der Waals surface area contributed by atoms with Crippen molar-refractivity contribution >= 4 is 54.8 Å². The molecule has 2 aromatic rings. The number of halogens is 5. The van der Waals surface area contributed by atoms with Gasteiger partial charge in [-0.25, -0.2) is 8.78 Å². The summed E-state index contributed by atoms with van der Waals surface area (Å²) in [5.74, 6) is -0.885. The number of anilines is 2. The number of nitrogens with two attached hydrogens (primary N) is 2. The standard InChI is InChI=1S/C6H4BrClFN.C6H5BrFN.CH4/c7-3-1-4(8)6(10)5(9)2-3;7-4-1-2-6(9)5(8)3-4;/h1-2H,10H2;1-3H,9H2;1H4. The maximum atomic E-state index is 12.6. The lowest BCUT2D eigenvalue weighted by Crippen LogP contribution is -1.90. The van der Waals surface area contributed by atoms with Crippen LogP contribution in [0, 0.1) is 11.6 Å². The Labute approximate surface area is 138 Å². The highest BCUT2D eigenvalue weighted by atomic mass is 79.9. The smallest absolute Gasteiger partial charge is 0.148 e. The van der Waals surface area contributed by atoms with E-state index in [1.165, 1.54) is 18.2 Å². The molecule has 0 aliphatic rings. The van der Waals surface area contributed by atoms with E-state index in [1.807, 2.05) is 0 Å². The molecule has 0 aliphatic heterocycles. The van der Waals surface area contributed by atoms with Gasteiger partial charge in [0.1, 0.15) is 11.6 Å². The van der Waals surface area contributed by atoms with Crippen molar-refractivity contribution in [2.75, 3.05) is 11.5 Å². The predicted octanol–water partition coefficient (Wildman–Crippen LogP) is 5.63. The molecule has 0 saturated heterocycles. The van der Waals surface area contributed by atoms with Gasteiger partial charge in [-0.15, -0.1) is 0 Å². The van der Waals surface area contributed by atoms with Crippen LogP contribution in [0.25, 0.3) is 0 Å². The predicted molar refractivity (Wildman–Crippen MR) is 88.8 cm³/mol. The molecular weight excluding hydrogens is 417 g/mol. The molecule has 0 spiro atoms. The fraction of sp³-hybridized carbons (Fsp3) is 0.0769. The van der Waals surface area contributed by atoms with Crippen LogP contribution in [-0.4, -0.2) is 0 Å². The Morgan fingerprint density at radius 3 is 1.90 bits per heavy atom. The van der Waals surface area contributed by atoms with Crippen LogP contribution in [0.5, 0.6) is 0 Å². The molecule has 0 aliphatic carbocycles. The molecule has 0 radical (unpaired) electrons. The topological polar surface area (TPSA) is 52.0 Å². The number of nitrogen functional groups attached to an aromatic ring is 2. The summed E-state index contributed by atoms with van der Waals surface area (Å²) < 4.78 is 26.3. The van der Waals surface area contributed by atoms with Crippen molar-refractivity contribution in [2.24, 2.45) is 0 Å². The third kappa shape index (κ3) is 5.64. The van der Waals surface area contributed by atoms with E-state index in [0.29, 0.717) is 8.95 Å². The van der Waals surface area contributed by atoms with Crippen molar-refractivity contribution in [3.05, 3.63) is 55.9 Å². The lowest BCUT2D eigenvalue weighted by Gasteiger charge is -1.98. The second-order valence-corrected chi connectivity index (χ2v) is 5.69. The van der Waals surface area contributed by atoms with Crippen LogP contribution in [0.1, 0.15) is 7.43 Å². The first-order chi connectivity index (χ1) is 8.81. The summed E-state index contributed by atoms with van der Waals surface area (Å²) in [5, 5.41) is 0.229. The number of rotatable bonds is 0. The maximum absolute atomic E-state index is 12.6. The van der Waals surface area contributed by atoms with Gasteiger partial charge >= 0.3 is 0 Å². The molecule has 0 aromatic heterocycles. The maximum Gasteiger partial charge on any atom is 0.148 e. The summed E-state index contributed by atoms with van der Waals surface area (Å²) in [5.41, 5.74) is 10.6. The summed E-state index contributed by atoms with van der Waals surface area (Å²) >= 11 is 11.7. The van der Waals surface area contributed by atoms with Crippen LogP contribution in [0.4, 0.5) is 20.2 Å². The quantitative estimate of drug-likeness (QED) is 0.532. The van der Waals surface area contributed by atoms with Gasteiger partial charge in [0.2, 0.25) is 0 Å². The SMILES string of the molecule is C.Nc1c(F)cc(Br)cc1Cl.Nc1ccc(Br)cc1F. The summed E-state index contributed by atoms with van der Waals surface area (Å²) in [6.45, 7) is 0. The van der Waals surface area contributed by atoms with Gasteiger partial charge in [-0.2, -0.15) is 0 Å². The molecule has 0 atom stereocenters. The van der Waals surface area contributed by atoms with E-state index in [0.717, 1.165) is 0 Å². The van der Waals surface area contributed by atoms with E-state index in [9.17, 15) is 8.78 Å². The van der Waals surface area contributed by atoms with E-state index in [4.69, 9.17) is 23.1 Å². The van der Waals surface area contributed by atoms with Crippen molar-refractivity contribution in [3.8, 4) is 0 Å². The molecule has 2 aromatic carbocycles. The van der Waals surface area contributed by atoms with Crippen molar-refractivity contribution in [1.29, 1.82) is 0 Å². The average molecular weight is 431 g/mol. The van der Waals surface area contributed by atoms with E-state index in [1.54, 1.807) is 12.1 Å². The van der Waals surface area contributed by atoms with Crippen LogP contribution in [0.3, 0.4) is 0 Å². The Balaban J connectivity index is 0.000000345. The lowest BCUT2D eigenvalue weighted by atomic mass is 10.3. The zero-order valence-corrected chi connectivity index (χ0v) is 13.4. The molecule has 0 bridgehead atoms. The molecule has 0 amide bonds. The minimum atomic E-state index is -0.501. The lowest BCUT2D eigenvalue weighted by molar-refractivity contribution is 0.631. The highest BCUT2D eigenvalue weighted by Gasteiger charge is 2.03. The second kappa shape index (κ2) is 8.44. The Bertz CT molecular complexity index is 572. The molecular formula is C13H13Br2ClF2N2. The van der Waals surface area contributed by atoms with E-state index in [-0.39, 0.29) is 29.6 Å². The molecule has 7 heteroatoms. The monoisotopic (exact) mass is 428 g/mol. The summed E-state index contributed by atoms with van der Waals surface area (Å²) in [4.78, 5) is 0. The minimum Gasteiger partial charge on any atom is -0.396 e. The minimum absolute atomic E-state index is 0.